The Balaban J connectivity index is 2.05. The second kappa shape index (κ2) is 6.16. The second-order valence-corrected chi connectivity index (χ2v) is 10.1. The summed E-state index contributed by atoms with van der Waals surface area (Å²) in [6.45, 7) is 12.5. The molecule has 4 nitrogen and oxygen atoms in total. The van der Waals surface area contributed by atoms with Crippen LogP contribution in [0.2, 0.25) is 0 Å². The molecule has 0 atom stereocenters. The van der Waals surface area contributed by atoms with Gasteiger partial charge in [0.25, 0.3) is 11.8 Å². The normalized spacial score (nSPS) is 17.0. The molecule has 2 aliphatic heterocycles. The predicted molar refractivity (Wildman–Crippen MR) is 116 cm³/mol. The van der Waals surface area contributed by atoms with Crippen LogP contribution < -0.4 is 0 Å². The third kappa shape index (κ3) is 2.28. The molecule has 0 fully saturated rings. The molecule has 0 saturated carbocycles. The van der Waals surface area contributed by atoms with Gasteiger partial charge in [-0.3, -0.25) is 9.59 Å². The van der Waals surface area contributed by atoms with Crippen molar-refractivity contribution in [1.29, 1.82) is 0 Å². The lowest BCUT2D eigenvalue weighted by Crippen LogP contribution is -2.25. The van der Waals surface area contributed by atoms with Crippen molar-refractivity contribution in [3.63, 3.8) is 0 Å². The topological polar surface area (TPSA) is 40.6 Å². The Bertz CT molecular complexity index is 1050. The first-order valence-corrected chi connectivity index (χ1v) is 10.9. The van der Waals surface area contributed by atoms with E-state index in [1.807, 2.05) is 0 Å². The standard InChI is InChI=1S/C22H24N2O2S2/c1-9-11(3)19(27-13(9)5)17-15-16(22(26)23(17)7)18(24(8)21(15)25)20-12(4)10(2)14(6)28-20/h1-8H3. The largest absolute Gasteiger partial charge is 0.309 e. The van der Waals surface area contributed by atoms with Crippen molar-refractivity contribution in [3.8, 4) is 0 Å². The zero-order valence-corrected chi connectivity index (χ0v) is 19.2. The molecule has 2 aromatic rings. The van der Waals surface area contributed by atoms with Crippen molar-refractivity contribution in [1.82, 2.24) is 9.80 Å². The maximum absolute atomic E-state index is 13.3. The van der Waals surface area contributed by atoms with Gasteiger partial charge in [0, 0.05) is 23.8 Å². The molecular formula is C22H24N2O2S2. The zero-order valence-electron chi connectivity index (χ0n) is 17.5. The number of likely N-dealkylation sites (N-methyl/N-ethyl adjacent to an activating group) is 2. The van der Waals surface area contributed by atoms with E-state index in [1.165, 1.54) is 20.9 Å². The van der Waals surface area contributed by atoms with Crippen molar-refractivity contribution in [2.24, 2.45) is 0 Å². The van der Waals surface area contributed by atoms with Crippen LogP contribution in [-0.2, 0) is 9.59 Å². The first kappa shape index (κ1) is 19.2. The molecule has 0 spiro atoms. The zero-order chi connectivity index (χ0) is 20.7. The lowest BCUT2D eigenvalue weighted by Gasteiger charge is -2.19. The number of hydrogen-bond acceptors (Lipinski definition) is 4. The fourth-order valence-corrected chi connectivity index (χ4v) is 6.50. The summed E-state index contributed by atoms with van der Waals surface area (Å²) in [5.74, 6) is -0.187. The van der Waals surface area contributed by atoms with Gasteiger partial charge in [0.2, 0.25) is 0 Å². The average Bonchev–Trinajstić information content (AvgIpc) is 3.25. The minimum absolute atomic E-state index is 0.0936. The highest BCUT2D eigenvalue weighted by atomic mass is 32.1. The van der Waals surface area contributed by atoms with Crippen LogP contribution in [0.3, 0.4) is 0 Å². The molecule has 2 aliphatic rings. The summed E-state index contributed by atoms with van der Waals surface area (Å²) in [5.41, 5.74) is 7.37. The molecule has 4 heterocycles. The molecule has 28 heavy (non-hydrogen) atoms. The van der Waals surface area contributed by atoms with Gasteiger partial charge in [-0.15, -0.1) is 22.7 Å². The fraction of sp³-hybridized carbons (Fsp3) is 0.364. The molecule has 0 radical (unpaired) electrons. The quantitative estimate of drug-likeness (QED) is 0.716. The highest BCUT2D eigenvalue weighted by molar-refractivity contribution is 7.14. The highest BCUT2D eigenvalue weighted by Gasteiger charge is 2.48. The molecular weight excluding hydrogens is 388 g/mol. The van der Waals surface area contributed by atoms with Gasteiger partial charge < -0.3 is 9.80 Å². The Morgan fingerprint density at radius 1 is 0.571 bits per heavy atom. The number of aryl methyl sites for hydroxylation is 2. The van der Waals surface area contributed by atoms with E-state index in [-0.39, 0.29) is 11.8 Å². The van der Waals surface area contributed by atoms with Crippen molar-refractivity contribution < 1.29 is 9.59 Å². The Kier molecular flexibility index (Phi) is 4.21. The van der Waals surface area contributed by atoms with Crippen LogP contribution >= 0.6 is 22.7 Å². The van der Waals surface area contributed by atoms with Gasteiger partial charge >= 0.3 is 0 Å². The molecule has 4 rings (SSSR count). The number of hydrogen-bond donors (Lipinski definition) is 0. The molecule has 0 unspecified atom stereocenters. The van der Waals surface area contributed by atoms with Crippen LogP contribution in [0.15, 0.2) is 11.1 Å². The molecule has 2 aromatic heterocycles. The van der Waals surface area contributed by atoms with Gasteiger partial charge in [0.1, 0.15) is 0 Å². The van der Waals surface area contributed by atoms with Gasteiger partial charge in [0.15, 0.2) is 0 Å². The van der Waals surface area contributed by atoms with E-state index in [2.05, 4.69) is 41.5 Å². The summed E-state index contributed by atoms with van der Waals surface area (Å²) in [5, 5.41) is 0. The van der Waals surface area contributed by atoms with E-state index in [0.717, 1.165) is 32.3 Å². The average molecular weight is 413 g/mol. The summed E-state index contributed by atoms with van der Waals surface area (Å²) in [4.78, 5) is 34.4. The third-order valence-corrected chi connectivity index (χ3v) is 8.87. The molecule has 0 aliphatic carbocycles. The summed E-state index contributed by atoms with van der Waals surface area (Å²) in [6, 6.07) is 0. The van der Waals surface area contributed by atoms with Gasteiger partial charge in [0.05, 0.1) is 32.3 Å². The first-order chi connectivity index (χ1) is 13.1. The molecule has 0 N–H and O–H groups in total. The fourth-order valence-electron chi connectivity index (χ4n) is 3.99. The van der Waals surface area contributed by atoms with Gasteiger partial charge in [-0.05, 0) is 63.8 Å². The summed E-state index contributed by atoms with van der Waals surface area (Å²) >= 11 is 3.32. The molecule has 2 amide bonds. The van der Waals surface area contributed by atoms with Crippen LogP contribution in [-0.4, -0.2) is 35.7 Å². The molecule has 0 saturated heterocycles. The second-order valence-electron chi connectivity index (χ2n) is 7.65. The van der Waals surface area contributed by atoms with Gasteiger partial charge in [-0.2, -0.15) is 0 Å². The van der Waals surface area contributed by atoms with E-state index >= 15 is 0 Å². The number of amides is 2. The highest BCUT2D eigenvalue weighted by Crippen LogP contribution is 2.49. The number of nitrogens with zero attached hydrogens (tertiary/aromatic N) is 2. The molecule has 6 heteroatoms. The van der Waals surface area contributed by atoms with Gasteiger partial charge in [-0.25, -0.2) is 0 Å². The van der Waals surface area contributed by atoms with Gasteiger partial charge in [-0.1, -0.05) is 0 Å². The smallest absolute Gasteiger partial charge is 0.261 e. The number of rotatable bonds is 2. The minimum Gasteiger partial charge on any atom is -0.309 e. The number of thiophene rings is 2. The summed E-state index contributed by atoms with van der Waals surface area (Å²) in [7, 11) is 3.56. The molecule has 146 valence electrons. The lowest BCUT2D eigenvalue weighted by molar-refractivity contribution is -0.123. The van der Waals surface area contributed by atoms with E-state index in [4.69, 9.17) is 0 Å². The van der Waals surface area contributed by atoms with Crippen LogP contribution in [0.25, 0.3) is 11.4 Å². The first-order valence-electron chi connectivity index (χ1n) is 9.26. The molecule has 0 aromatic carbocycles. The third-order valence-electron chi connectivity index (χ3n) is 6.23. The van der Waals surface area contributed by atoms with E-state index in [0.29, 0.717) is 11.1 Å². The van der Waals surface area contributed by atoms with E-state index in [1.54, 1.807) is 46.6 Å². The van der Waals surface area contributed by atoms with Crippen molar-refractivity contribution in [3.05, 3.63) is 52.9 Å². The van der Waals surface area contributed by atoms with Crippen molar-refractivity contribution in [2.75, 3.05) is 14.1 Å². The maximum Gasteiger partial charge on any atom is 0.261 e. The SMILES string of the molecule is Cc1sc(C2=C3C(=O)N(C)C(c4sc(C)c(C)c4C)=C3C(=O)N2C)c(C)c1C. The molecule has 0 bridgehead atoms. The van der Waals surface area contributed by atoms with E-state index < -0.39 is 0 Å². The number of fused-ring (bicyclic) bond motifs is 1. The van der Waals surface area contributed by atoms with Crippen LogP contribution in [0.5, 0.6) is 0 Å². The Labute approximate surface area is 173 Å². The predicted octanol–water partition coefficient (Wildman–Crippen LogP) is 4.73. The Hall–Kier alpha value is -2.18. The summed E-state index contributed by atoms with van der Waals surface area (Å²) in [6.07, 6.45) is 0. The Morgan fingerprint density at radius 3 is 1.14 bits per heavy atom. The van der Waals surface area contributed by atoms with Crippen LogP contribution in [0.1, 0.15) is 41.8 Å². The van der Waals surface area contributed by atoms with Crippen LogP contribution in [0.4, 0.5) is 0 Å². The monoisotopic (exact) mass is 412 g/mol. The van der Waals surface area contributed by atoms with Crippen LogP contribution in [0, 0.1) is 41.5 Å². The number of carbonyl (C=O) groups excluding carboxylic acids is 2. The number of carbonyl (C=O) groups is 2. The minimum atomic E-state index is -0.0936. The maximum atomic E-state index is 13.3. The van der Waals surface area contributed by atoms with E-state index in [9.17, 15) is 9.59 Å². The summed E-state index contributed by atoms with van der Waals surface area (Å²) < 4.78 is 0. The Morgan fingerprint density at radius 2 is 0.893 bits per heavy atom. The van der Waals surface area contributed by atoms with Crippen molar-refractivity contribution >= 4 is 45.9 Å². The lowest BCUT2D eigenvalue weighted by atomic mass is 10.0. The van der Waals surface area contributed by atoms with Crippen molar-refractivity contribution in [2.45, 2.75) is 41.5 Å².